The zero-order valence-electron chi connectivity index (χ0n) is 18.0. The van der Waals surface area contributed by atoms with Gasteiger partial charge in [-0.15, -0.1) is 0 Å². The van der Waals surface area contributed by atoms with E-state index in [2.05, 4.69) is 70.0 Å². The first-order valence-corrected chi connectivity index (χ1v) is 11.6. The third-order valence-electron chi connectivity index (χ3n) is 4.58. The van der Waals surface area contributed by atoms with E-state index in [0.29, 0.717) is 0 Å². The van der Waals surface area contributed by atoms with E-state index in [1.54, 1.807) is 0 Å². The van der Waals surface area contributed by atoms with E-state index in [1.165, 1.54) is 58.2 Å². The summed E-state index contributed by atoms with van der Waals surface area (Å²) in [5.41, 5.74) is 0.0551. The molecule has 160 valence electrons. The summed E-state index contributed by atoms with van der Waals surface area (Å²) in [5, 5.41) is 0. The van der Waals surface area contributed by atoms with Gasteiger partial charge in [0.25, 0.3) is 0 Å². The average Bonchev–Trinajstić information content (AvgIpc) is 2.60. The maximum Gasteiger partial charge on any atom is 0.238 e. The Morgan fingerprint density at radius 2 is 1.08 bits per heavy atom. The van der Waals surface area contributed by atoms with Crippen molar-refractivity contribution in [2.45, 2.75) is 64.8 Å². The summed E-state index contributed by atoms with van der Waals surface area (Å²) in [5.74, 6) is 0. The minimum Gasteiger partial charge on any atom is -0.726 e. The SMILES string of the molecule is CCCCN(C)C([PH3+])(N(C)CCCC)N(C)CCCC.COS(=O)(=O)[O-]. The molecule has 0 rings (SSSR count). The smallest absolute Gasteiger partial charge is 0.238 e. The van der Waals surface area contributed by atoms with Crippen LogP contribution in [0.2, 0.25) is 0 Å². The van der Waals surface area contributed by atoms with Crippen molar-refractivity contribution in [3.05, 3.63) is 0 Å². The Morgan fingerprint density at radius 3 is 1.23 bits per heavy atom. The van der Waals surface area contributed by atoms with Crippen LogP contribution in [0, 0.1) is 0 Å². The predicted molar refractivity (Wildman–Crippen MR) is 113 cm³/mol. The van der Waals surface area contributed by atoms with Crippen LogP contribution in [0.25, 0.3) is 0 Å². The van der Waals surface area contributed by atoms with Gasteiger partial charge in [-0.3, -0.25) is 4.18 Å². The summed E-state index contributed by atoms with van der Waals surface area (Å²) in [6.07, 6.45) is 7.63. The van der Waals surface area contributed by atoms with Crippen LogP contribution in [0.5, 0.6) is 0 Å². The Kier molecular flexibility index (Phi) is 16.5. The van der Waals surface area contributed by atoms with Gasteiger partial charge in [0.2, 0.25) is 15.9 Å². The van der Waals surface area contributed by atoms with Crippen LogP contribution in [-0.4, -0.2) is 81.1 Å². The molecule has 0 aromatic carbocycles. The van der Waals surface area contributed by atoms with Crippen LogP contribution in [-0.2, 0) is 14.6 Å². The summed E-state index contributed by atoms with van der Waals surface area (Å²) in [4.78, 5) is 7.63. The van der Waals surface area contributed by atoms with Crippen molar-refractivity contribution >= 4 is 19.6 Å². The van der Waals surface area contributed by atoms with Gasteiger partial charge in [-0.1, -0.05) is 40.0 Å². The summed E-state index contributed by atoms with van der Waals surface area (Å²) in [6.45, 7) is 10.3. The number of hydrogen-bond acceptors (Lipinski definition) is 7. The number of nitrogens with zero attached hydrogens (tertiary/aromatic N) is 3. The second-order valence-electron chi connectivity index (χ2n) is 6.67. The Labute approximate surface area is 164 Å². The highest BCUT2D eigenvalue weighted by Crippen LogP contribution is 2.30. The molecule has 9 heteroatoms. The van der Waals surface area contributed by atoms with E-state index in [-0.39, 0.29) is 5.53 Å². The fraction of sp³-hybridized carbons (Fsp3) is 1.00. The van der Waals surface area contributed by atoms with Crippen molar-refractivity contribution in [2.24, 2.45) is 0 Å². The van der Waals surface area contributed by atoms with Crippen LogP contribution >= 0.6 is 9.24 Å². The zero-order valence-corrected chi connectivity index (χ0v) is 20.2. The molecule has 0 aliphatic heterocycles. The lowest BCUT2D eigenvalue weighted by molar-refractivity contribution is -0.0684. The molecule has 0 fully saturated rings. The summed E-state index contributed by atoms with van der Waals surface area (Å²) >= 11 is 0. The van der Waals surface area contributed by atoms with Gasteiger partial charge in [-0.2, -0.15) is 0 Å². The van der Waals surface area contributed by atoms with E-state index in [4.69, 9.17) is 0 Å². The molecule has 0 heterocycles. The topological polar surface area (TPSA) is 76.2 Å². The lowest BCUT2D eigenvalue weighted by Gasteiger charge is -2.46. The molecule has 0 amide bonds. The lowest BCUT2D eigenvalue weighted by atomic mass is 10.2. The first-order valence-electron chi connectivity index (χ1n) is 9.51. The molecule has 0 N–H and O–H groups in total. The van der Waals surface area contributed by atoms with E-state index in [0.717, 1.165) is 7.11 Å². The number of hydrogen-bond donors (Lipinski definition) is 0. The fourth-order valence-electron chi connectivity index (χ4n) is 2.60. The fourth-order valence-corrected chi connectivity index (χ4v) is 3.07. The quantitative estimate of drug-likeness (QED) is 0.198. The van der Waals surface area contributed by atoms with Crippen molar-refractivity contribution in [3.63, 3.8) is 0 Å². The molecule has 0 aromatic rings. The molecule has 0 bridgehead atoms. The van der Waals surface area contributed by atoms with Gasteiger partial charge in [0.1, 0.15) is 0 Å². The van der Waals surface area contributed by atoms with E-state index in [1.807, 2.05) is 0 Å². The maximum absolute atomic E-state index is 9.22. The molecule has 0 spiro atoms. The molecule has 0 saturated carbocycles. The molecule has 0 aromatic heterocycles. The third-order valence-corrected chi connectivity index (χ3v) is 6.61. The lowest BCUT2D eigenvalue weighted by Crippen LogP contribution is -2.63. The second-order valence-corrected chi connectivity index (χ2v) is 8.77. The van der Waals surface area contributed by atoms with Gasteiger partial charge in [0, 0.05) is 28.9 Å². The average molecular weight is 416 g/mol. The highest BCUT2D eigenvalue weighted by Gasteiger charge is 2.42. The van der Waals surface area contributed by atoms with Crippen molar-refractivity contribution in [1.29, 1.82) is 0 Å². The minimum absolute atomic E-state index is 0.0551. The molecule has 1 unspecified atom stereocenters. The molecule has 7 nitrogen and oxygen atoms in total. The van der Waals surface area contributed by atoms with Gasteiger partial charge < -0.3 is 4.55 Å². The van der Waals surface area contributed by atoms with Crippen molar-refractivity contribution < 1.29 is 17.2 Å². The van der Waals surface area contributed by atoms with Crippen molar-refractivity contribution in [2.75, 3.05) is 47.9 Å². The first kappa shape index (κ1) is 28.4. The predicted octanol–water partition coefficient (Wildman–Crippen LogP) is 2.49. The Balaban J connectivity index is 0. The van der Waals surface area contributed by atoms with Crippen LogP contribution in [0.4, 0.5) is 0 Å². The van der Waals surface area contributed by atoms with Gasteiger partial charge in [0.15, 0.2) is 0 Å². The molecule has 1 atom stereocenters. The van der Waals surface area contributed by atoms with Crippen molar-refractivity contribution in [1.82, 2.24) is 14.7 Å². The molecule has 0 aliphatic carbocycles. The summed E-state index contributed by atoms with van der Waals surface area (Å²) in [7, 11) is 5.39. The van der Waals surface area contributed by atoms with Gasteiger partial charge in [0.05, 0.1) is 7.11 Å². The van der Waals surface area contributed by atoms with Crippen LogP contribution < -0.4 is 0 Å². The highest BCUT2D eigenvalue weighted by atomic mass is 32.3. The highest BCUT2D eigenvalue weighted by molar-refractivity contribution is 7.80. The summed E-state index contributed by atoms with van der Waals surface area (Å²) < 4.78 is 31.0. The monoisotopic (exact) mass is 415 g/mol. The van der Waals surface area contributed by atoms with Gasteiger partial charge in [-0.25, -0.2) is 23.1 Å². The first-order chi connectivity index (χ1) is 12.0. The molecule has 26 heavy (non-hydrogen) atoms. The van der Waals surface area contributed by atoms with Crippen LogP contribution in [0.15, 0.2) is 0 Å². The molecule has 0 aliphatic rings. The van der Waals surface area contributed by atoms with E-state index in [9.17, 15) is 13.0 Å². The van der Waals surface area contributed by atoms with Gasteiger partial charge in [-0.05, 0) is 40.4 Å². The second kappa shape index (κ2) is 15.1. The Bertz CT molecular complexity index is 402. The molecular formula is C17H42N3O4PS. The largest absolute Gasteiger partial charge is 0.726 e. The summed E-state index contributed by atoms with van der Waals surface area (Å²) in [6, 6.07) is 0. The zero-order chi connectivity index (χ0) is 20.8. The molecule has 0 saturated heterocycles. The maximum atomic E-state index is 9.22. The molecular weight excluding hydrogens is 373 g/mol. The van der Waals surface area contributed by atoms with Gasteiger partial charge >= 0.3 is 0 Å². The van der Waals surface area contributed by atoms with Crippen LogP contribution in [0.1, 0.15) is 59.3 Å². The minimum atomic E-state index is -4.41. The Hall–Kier alpha value is 0.180. The van der Waals surface area contributed by atoms with Crippen molar-refractivity contribution in [3.8, 4) is 0 Å². The van der Waals surface area contributed by atoms with Crippen LogP contribution in [0.3, 0.4) is 0 Å². The number of rotatable bonds is 13. The van der Waals surface area contributed by atoms with E-state index < -0.39 is 10.4 Å². The molecule has 0 radical (unpaired) electrons. The normalized spacial score (nSPS) is 12.7. The van der Waals surface area contributed by atoms with E-state index >= 15 is 0 Å². The Morgan fingerprint density at radius 1 is 0.846 bits per heavy atom. The number of unbranched alkanes of at least 4 members (excludes halogenated alkanes) is 3. The standard InChI is InChI=1S/C16H38N3P.CH4O4S/c1-7-10-13-17(4)16(20,18(5)14-11-8-2)19(6)15-12-9-3;1-5-6(2,3)4/h7-15,20H2,1-6H3;1H3,(H,2,3,4). The third kappa shape index (κ3) is 11.8.